The maximum atomic E-state index is 12.9. The lowest BCUT2D eigenvalue weighted by Crippen LogP contribution is -2.30. The number of carbonyl (C=O) groups excluding carboxylic acids is 3. The summed E-state index contributed by atoms with van der Waals surface area (Å²) in [6.07, 6.45) is 83.8. The van der Waals surface area contributed by atoms with E-state index in [9.17, 15) is 14.4 Å². The standard InChI is InChI=1S/C68H114O6/c1-4-7-10-13-16-19-22-25-28-31-33-34-36-37-40-43-46-49-52-55-58-61-67(70)73-64-65(63-72-66(69)60-57-54-51-48-45-42-39-30-27-24-21-18-15-12-9-6-3)74-68(71)62-59-56-53-50-47-44-41-38-35-32-29-26-23-20-17-14-11-8-5-2/h8,11,17,20-21,24,26,29-31,33,35,38-39,44,47,53,56,65H,4-7,9-10,12-16,18-19,22-23,25,27-28,32,34,36-37,40-43,45-46,48-52,54-55,57-64H2,1-3H3/b11-8-,20-17-,24-21-,29-26-,33-31-,38-35-,39-30-,47-44-,56-53-. The van der Waals surface area contributed by atoms with Gasteiger partial charge in [0.25, 0.3) is 0 Å². The van der Waals surface area contributed by atoms with Gasteiger partial charge in [-0.05, 0) is 116 Å². The van der Waals surface area contributed by atoms with Crippen LogP contribution in [0.4, 0.5) is 0 Å². The summed E-state index contributed by atoms with van der Waals surface area (Å²) in [5.74, 6) is -1.01. The van der Waals surface area contributed by atoms with Crippen LogP contribution in [-0.4, -0.2) is 37.2 Å². The third kappa shape index (κ3) is 59.0. The van der Waals surface area contributed by atoms with E-state index < -0.39 is 12.1 Å². The van der Waals surface area contributed by atoms with Crippen molar-refractivity contribution in [2.75, 3.05) is 13.2 Å². The SMILES string of the molecule is CC/C=C\C/C=C\C/C=C\C/C=C\C/C=C\C/C=C\CCC(=O)OC(COC(=O)CCCCCCC/C=C\C/C=C\CCCCCC)COC(=O)CCCCCCCCCCC/C=C\CCCCCCCCCC. The Morgan fingerprint density at radius 1 is 0.284 bits per heavy atom. The van der Waals surface area contributed by atoms with Crippen LogP contribution in [-0.2, 0) is 28.6 Å². The van der Waals surface area contributed by atoms with Crippen LogP contribution < -0.4 is 0 Å². The van der Waals surface area contributed by atoms with Gasteiger partial charge in [0, 0.05) is 19.3 Å². The normalized spacial score (nSPS) is 12.9. The van der Waals surface area contributed by atoms with Crippen molar-refractivity contribution in [3.63, 3.8) is 0 Å². The van der Waals surface area contributed by atoms with Crippen molar-refractivity contribution in [1.82, 2.24) is 0 Å². The summed E-state index contributed by atoms with van der Waals surface area (Å²) in [5, 5.41) is 0. The molecule has 6 heteroatoms. The molecule has 0 heterocycles. The molecule has 0 saturated heterocycles. The summed E-state index contributed by atoms with van der Waals surface area (Å²) in [4.78, 5) is 38.2. The number of ether oxygens (including phenoxy) is 3. The Labute approximate surface area is 457 Å². The van der Waals surface area contributed by atoms with E-state index >= 15 is 0 Å². The van der Waals surface area contributed by atoms with Gasteiger partial charge in [0.2, 0.25) is 0 Å². The maximum Gasteiger partial charge on any atom is 0.306 e. The molecule has 0 spiro atoms. The summed E-state index contributed by atoms with van der Waals surface area (Å²) >= 11 is 0. The van der Waals surface area contributed by atoms with Gasteiger partial charge in [0.15, 0.2) is 6.10 Å². The van der Waals surface area contributed by atoms with Gasteiger partial charge in [-0.25, -0.2) is 0 Å². The predicted molar refractivity (Wildman–Crippen MR) is 320 cm³/mol. The zero-order valence-electron chi connectivity index (χ0n) is 48.3. The summed E-state index contributed by atoms with van der Waals surface area (Å²) < 4.78 is 16.8. The van der Waals surface area contributed by atoms with Crippen LogP contribution in [0.1, 0.15) is 284 Å². The average Bonchev–Trinajstić information content (AvgIpc) is 3.40. The first kappa shape index (κ1) is 70.1. The van der Waals surface area contributed by atoms with E-state index in [2.05, 4.69) is 124 Å². The fourth-order valence-electron chi connectivity index (χ4n) is 8.38. The molecule has 1 unspecified atom stereocenters. The Morgan fingerprint density at radius 3 is 0.905 bits per heavy atom. The van der Waals surface area contributed by atoms with Crippen molar-refractivity contribution >= 4 is 17.9 Å². The van der Waals surface area contributed by atoms with Gasteiger partial charge >= 0.3 is 17.9 Å². The smallest absolute Gasteiger partial charge is 0.306 e. The summed E-state index contributed by atoms with van der Waals surface area (Å²) in [5.41, 5.74) is 0. The fourth-order valence-corrected chi connectivity index (χ4v) is 8.38. The Balaban J connectivity index is 4.50. The summed E-state index contributed by atoms with van der Waals surface area (Å²) in [6, 6.07) is 0. The maximum absolute atomic E-state index is 12.9. The van der Waals surface area contributed by atoms with Crippen LogP contribution in [0, 0.1) is 0 Å². The number of hydrogen-bond donors (Lipinski definition) is 0. The molecule has 0 aliphatic heterocycles. The van der Waals surface area contributed by atoms with Crippen molar-refractivity contribution in [2.45, 2.75) is 290 Å². The van der Waals surface area contributed by atoms with Crippen molar-refractivity contribution in [3.05, 3.63) is 109 Å². The van der Waals surface area contributed by atoms with E-state index in [1.54, 1.807) is 0 Å². The number of rotatable bonds is 55. The molecule has 0 aromatic rings. The summed E-state index contributed by atoms with van der Waals surface area (Å²) in [7, 11) is 0. The molecule has 0 N–H and O–H groups in total. The predicted octanol–water partition coefficient (Wildman–Crippen LogP) is 21.0. The zero-order valence-corrected chi connectivity index (χ0v) is 48.3. The second-order valence-corrected chi connectivity index (χ2v) is 20.2. The molecular weight excluding hydrogens is 913 g/mol. The molecule has 0 fully saturated rings. The lowest BCUT2D eigenvalue weighted by molar-refractivity contribution is -0.166. The zero-order chi connectivity index (χ0) is 53.6. The largest absolute Gasteiger partial charge is 0.462 e. The number of hydrogen-bond acceptors (Lipinski definition) is 6. The highest BCUT2D eigenvalue weighted by Crippen LogP contribution is 2.15. The molecule has 74 heavy (non-hydrogen) atoms. The van der Waals surface area contributed by atoms with E-state index in [1.807, 2.05) is 6.08 Å². The molecule has 422 valence electrons. The van der Waals surface area contributed by atoms with Gasteiger partial charge in [0.05, 0.1) is 0 Å². The topological polar surface area (TPSA) is 78.9 Å². The molecule has 0 bridgehead atoms. The fraction of sp³-hybridized carbons (Fsp3) is 0.691. The molecule has 1 atom stereocenters. The molecule has 0 rings (SSSR count). The van der Waals surface area contributed by atoms with Crippen LogP contribution in [0.3, 0.4) is 0 Å². The third-order valence-corrected chi connectivity index (χ3v) is 13.0. The molecule has 6 nitrogen and oxygen atoms in total. The first-order chi connectivity index (χ1) is 36.5. The molecule has 0 aliphatic carbocycles. The van der Waals surface area contributed by atoms with Crippen LogP contribution >= 0.6 is 0 Å². The van der Waals surface area contributed by atoms with Gasteiger partial charge in [0.1, 0.15) is 13.2 Å². The Bertz CT molecular complexity index is 1510. The molecule has 0 aromatic carbocycles. The first-order valence-corrected chi connectivity index (χ1v) is 30.9. The van der Waals surface area contributed by atoms with Gasteiger partial charge in [-0.1, -0.05) is 259 Å². The van der Waals surface area contributed by atoms with Crippen LogP contribution in [0.2, 0.25) is 0 Å². The van der Waals surface area contributed by atoms with Crippen LogP contribution in [0.15, 0.2) is 109 Å². The van der Waals surface area contributed by atoms with E-state index in [0.717, 1.165) is 103 Å². The third-order valence-electron chi connectivity index (χ3n) is 13.0. The number of allylic oxidation sites excluding steroid dienone is 18. The minimum atomic E-state index is -0.828. The Kier molecular flexibility index (Phi) is 58.3. The van der Waals surface area contributed by atoms with Gasteiger partial charge in [-0.3, -0.25) is 14.4 Å². The Morgan fingerprint density at radius 2 is 0.554 bits per heavy atom. The van der Waals surface area contributed by atoms with Crippen LogP contribution in [0.5, 0.6) is 0 Å². The van der Waals surface area contributed by atoms with Crippen molar-refractivity contribution in [1.29, 1.82) is 0 Å². The van der Waals surface area contributed by atoms with Gasteiger partial charge in [-0.15, -0.1) is 0 Å². The van der Waals surface area contributed by atoms with E-state index in [1.165, 1.54) is 135 Å². The Hall–Kier alpha value is -3.93. The lowest BCUT2D eigenvalue weighted by Gasteiger charge is -2.18. The van der Waals surface area contributed by atoms with Crippen molar-refractivity contribution in [3.8, 4) is 0 Å². The average molecular weight is 1030 g/mol. The van der Waals surface area contributed by atoms with Gasteiger partial charge in [-0.2, -0.15) is 0 Å². The number of unbranched alkanes of at least 4 members (excludes halogenated alkanes) is 26. The van der Waals surface area contributed by atoms with E-state index in [-0.39, 0.29) is 31.6 Å². The monoisotopic (exact) mass is 1030 g/mol. The minimum absolute atomic E-state index is 0.114. The van der Waals surface area contributed by atoms with Gasteiger partial charge < -0.3 is 14.2 Å². The molecule has 0 saturated carbocycles. The second kappa shape index (κ2) is 61.6. The van der Waals surface area contributed by atoms with E-state index in [0.29, 0.717) is 19.3 Å². The highest BCUT2D eigenvalue weighted by molar-refractivity contribution is 5.71. The summed E-state index contributed by atoms with van der Waals surface area (Å²) in [6.45, 7) is 6.45. The first-order valence-electron chi connectivity index (χ1n) is 30.9. The molecule has 0 amide bonds. The molecule has 0 radical (unpaired) electrons. The highest BCUT2D eigenvalue weighted by Gasteiger charge is 2.19. The van der Waals surface area contributed by atoms with Crippen molar-refractivity contribution in [2.24, 2.45) is 0 Å². The van der Waals surface area contributed by atoms with Crippen LogP contribution in [0.25, 0.3) is 0 Å². The van der Waals surface area contributed by atoms with E-state index in [4.69, 9.17) is 14.2 Å². The quantitative estimate of drug-likeness (QED) is 0.0261. The van der Waals surface area contributed by atoms with Crippen molar-refractivity contribution < 1.29 is 28.6 Å². The minimum Gasteiger partial charge on any atom is -0.462 e. The number of esters is 3. The second-order valence-electron chi connectivity index (χ2n) is 20.2. The highest BCUT2D eigenvalue weighted by atomic mass is 16.6. The molecule has 0 aliphatic rings. The molecular formula is C68H114O6. The number of carbonyl (C=O) groups is 3. The molecule has 0 aromatic heterocycles. The lowest BCUT2D eigenvalue weighted by atomic mass is 10.1.